The molecule has 8 rings (SSSR count). The molecule has 8 aromatic rings. The third-order valence-electron chi connectivity index (χ3n) is 24.9. The van der Waals surface area contributed by atoms with Crippen molar-refractivity contribution in [2.24, 2.45) is 0 Å². The van der Waals surface area contributed by atoms with E-state index < -0.39 is 34.3 Å². The van der Waals surface area contributed by atoms with Crippen LogP contribution in [0.5, 0.6) is 0 Å². The van der Waals surface area contributed by atoms with Crippen LogP contribution in [0.1, 0.15) is 437 Å². The van der Waals surface area contributed by atoms with Gasteiger partial charge in [0.15, 0.2) is 0 Å². The summed E-state index contributed by atoms with van der Waals surface area (Å²) in [5, 5.41) is 2.15. The Labute approximate surface area is 719 Å². The van der Waals surface area contributed by atoms with Crippen LogP contribution in [0, 0.1) is 0 Å². The zero-order valence-electron chi connectivity index (χ0n) is 72.6. The van der Waals surface area contributed by atoms with E-state index in [1.54, 1.807) is 34.8 Å². The molecular formula is C101H148F6N2S6. The molecule has 0 N–H and O–H groups in total. The maximum Gasteiger partial charge on any atom is 0.416 e. The fraction of sp³-hybridized carbons (Fsp3) is 0.663. The van der Waals surface area contributed by atoms with Gasteiger partial charge in [-0.05, 0) is 141 Å². The molecule has 0 aliphatic carbocycles. The highest BCUT2D eigenvalue weighted by atomic mass is 32.1. The van der Waals surface area contributed by atoms with E-state index in [2.05, 4.69) is 91.8 Å². The van der Waals surface area contributed by atoms with Crippen molar-refractivity contribution >= 4 is 68.0 Å². The Balaban J connectivity index is 1.18. The molecule has 0 fully saturated rings. The van der Waals surface area contributed by atoms with Crippen LogP contribution < -0.4 is 0 Å². The predicted octanol–water partition coefficient (Wildman–Crippen LogP) is 38.0. The van der Waals surface area contributed by atoms with Gasteiger partial charge < -0.3 is 0 Å². The van der Waals surface area contributed by atoms with Gasteiger partial charge in [0.2, 0.25) is 0 Å². The summed E-state index contributed by atoms with van der Waals surface area (Å²) in [6.07, 6.45) is 58.6. The largest absolute Gasteiger partial charge is 0.416 e. The number of thiazole rings is 2. The molecule has 0 saturated heterocycles. The van der Waals surface area contributed by atoms with Crippen molar-refractivity contribution in [2.45, 2.75) is 432 Å². The highest BCUT2D eigenvalue weighted by Crippen LogP contribution is 2.53. The minimum atomic E-state index is -4.44. The highest BCUT2D eigenvalue weighted by molar-refractivity contribution is 7.30. The number of aromatic nitrogens is 2. The third kappa shape index (κ3) is 31.2. The van der Waals surface area contributed by atoms with Crippen LogP contribution in [0.4, 0.5) is 26.3 Å². The maximum absolute atomic E-state index is 14.6. The first-order chi connectivity index (χ1) is 55.9. The molecule has 0 aliphatic rings. The Morgan fingerprint density at radius 3 is 0.948 bits per heavy atom. The molecule has 2 aromatic carbocycles. The molecule has 0 spiro atoms. The van der Waals surface area contributed by atoms with Gasteiger partial charge in [0.25, 0.3) is 0 Å². The second-order valence-electron chi connectivity index (χ2n) is 34.0. The summed E-state index contributed by atoms with van der Waals surface area (Å²) < 4.78 is 86.5. The van der Waals surface area contributed by atoms with Crippen molar-refractivity contribution in [3.05, 3.63) is 139 Å². The van der Waals surface area contributed by atoms with Crippen LogP contribution >= 0.6 is 68.0 Å². The van der Waals surface area contributed by atoms with Crippen LogP contribution in [-0.2, 0) is 48.9 Å². The number of rotatable bonds is 64. The molecule has 0 radical (unpaired) electrons. The first-order valence-corrected chi connectivity index (χ1v) is 51.7. The highest BCUT2D eigenvalue weighted by Gasteiger charge is 2.38. The Kier molecular flexibility index (Phi) is 44.6. The van der Waals surface area contributed by atoms with E-state index in [4.69, 9.17) is 9.97 Å². The topological polar surface area (TPSA) is 25.8 Å². The number of benzene rings is 2. The second kappa shape index (κ2) is 53.1. The number of hydrogen-bond acceptors (Lipinski definition) is 8. The van der Waals surface area contributed by atoms with E-state index >= 15 is 0 Å². The summed E-state index contributed by atoms with van der Waals surface area (Å²) in [7, 11) is 0. The van der Waals surface area contributed by atoms with Crippen molar-refractivity contribution in [3.8, 4) is 49.0 Å². The van der Waals surface area contributed by atoms with Gasteiger partial charge in [-0.1, -0.05) is 374 Å². The van der Waals surface area contributed by atoms with E-state index in [-0.39, 0.29) is 0 Å². The molecule has 6 aromatic heterocycles. The van der Waals surface area contributed by atoms with Crippen LogP contribution in [0.2, 0.25) is 0 Å². The number of nitrogens with zero attached hydrogens (tertiary/aromatic N) is 2. The molecular weight excluding hydrogens is 1550 g/mol. The maximum atomic E-state index is 14.6. The van der Waals surface area contributed by atoms with Crippen LogP contribution in [0.25, 0.3) is 49.0 Å². The van der Waals surface area contributed by atoms with E-state index in [0.29, 0.717) is 30.4 Å². The predicted molar refractivity (Wildman–Crippen MR) is 497 cm³/mol. The van der Waals surface area contributed by atoms with Gasteiger partial charge >= 0.3 is 12.4 Å². The number of unbranched alkanes of at least 4 members (excludes halogenated alkanes) is 44. The lowest BCUT2D eigenvalue weighted by Crippen LogP contribution is -2.25. The Morgan fingerprint density at radius 1 is 0.261 bits per heavy atom. The number of aryl methyl sites for hydroxylation is 4. The normalized spacial score (nSPS) is 12.9. The zero-order chi connectivity index (χ0) is 82.0. The van der Waals surface area contributed by atoms with Crippen LogP contribution in [0.3, 0.4) is 0 Å². The SMILES string of the molecule is CCCCCCCCCCCCCCc1cc(-c2ccc(-c3ccc(C(CC)(CC)c4cccc(C(F)(F)F)c4)s3)s2)sc1-c1nc(CCCCCCCCCCCCCC)c(-c2sc(-c3sc(C(C)(CC)c4cccc(C(F)(F)F)c4)cc3CCCCCCCCCCCCCC)nc2CCCCCCCCCCCCCC)s1. The summed E-state index contributed by atoms with van der Waals surface area (Å²) in [6, 6.07) is 25.9. The third-order valence-corrected chi connectivity index (χ3v) is 33.0. The summed E-state index contributed by atoms with van der Waals surface area (Å²) in [5.74, 6) is 0. The molecule has 0 amide bonds. The van der Waals surface area contributed by atoms with Gasteiger partial charge in [0.05, 0.1) is 42.0 Å². The van der Waals surface area contributed by atoms with E-state index in [1.807, 2.05) is 57.5 Å². The average molecular weight is 1700 g/mol. The molecule has 1 atom stereocenters. The van der Waals surface area contributed by atoms with E-state index in [9.17, 15) is 26.3 Å². The van der Waals surface area contributed by atoms with Gasteiger partial charge in [-0.2, -0.15) is 26.3 Å². The van der Waals surface area contributed by atoms with Crippen molar-refractivity contribution in [1.29, 1.82) is 0 Å². The van der Waals surface area contributed by atoms with Crippen LogP contribution in [-0.4, -0.2) is 9.97 Å². The molecule has 0 bridgehead atoms. The number of alkyl halides is 6. The van der Waals surface area contributed by atoms with Gasteiger partial charge in [-0.3, -0.25) is 0 Å². The summed E-state index contributed by atoms with van der Waals surface area (Å²) in [6.45, 7) is 17.7. The molecule has 2 nitrogen and oxygen atoms in total. The minimum Gasteiger partial charge on any atom is -0.240 e. The number of halogens is 6. The van der Waals surface area contributed by atoms with E-state index in [0.717, 1.165) is 88.9 Å². The average Bonchev–Trinajstić information content (AvgIpc) is 1.59. The molecule has 0 saturated carbocycles. The van der Waals surface area contributed by atoms with Crippen molar-refractivity contribution < 1.29 is 26.3 Å². The summed E-state index contributed by atoms with van der Waals surface area (Å²) >= 11 is 11.0. The minimum absolute atomic E-state index is 0.542. The molecule has 1 unspecified atom stereocenters. The van der Waals surface area contributed by atoms with Gasteiger partial charge in [0, 0.05) is 40.1 Å². The summed E-state index contributed by atoms with van der Waals surface area (Å²) in [4.78, 5) is 23.8. The lowest BCUT2D eigenvalue weighted by atomic mass is 9.74. The van der Waals surface area contributed by atoms with Crippen molar-refractivity contribution in [3.63, 3.8) is 0 Å². The first kappa shape index (κ1) is 96.5. The van der Waals surface area contributed by atoms with Crippen molar-refractivity contribution in [1.82, 2.24) is 9.97 Å². The van der Waals surface area contributed by atoms with E-state index in [1.165, 1.54) is 351 Å². The van der Waals surface area contributed by atoms with Gasteiger partial charge in [0.1, 0.15) is 10.0 Å². The number of hydrogen-bond donors (Lipinski definition) is 0. The Hall–Kier alpha value is -3.92. The Bertz CT molecular complexity index is 3900. The standard InChI is InChI=1S/C101H148F6N2S6/c1-9-16-20-24-28-32-36-40-44-48-52-56-62-78-74-89(88-71-70-86(110-88)87-72-73-90(111-87)99(14-6,15-7)81-65-61-67-83(77-81)101(105,106)107)112-92(78)96-108-84(68-58-54-50-46-42-38-34-30-26-22-18-11-3)94(114-96)95-85(69-59-55-51-47-43-39-35-31-27-23-19-12-4)109-97(115-95)93-79(63-57-53-49-45-41-37-33-29-25-21-17-10-2)75-91(113-93)98(8,13-5)80-64-60-66-82(76-80)100(102,103)104/h60-61,64-67,70-77H,9-59,62-63,68-69H2,1-8H3. The molecule has 640 valence electrons. The molecule has 0 aliphatic heterocycles. The Morgan fingerprint density at radius 2 is 0.574 bits per heavy atom. The fourth-order valence-corrected chi connectivity index (χ4v) is 25.0. The lowest BCUT2D eigenvalue weighted by molar-refractivity contribution is -0.138. The molecule has 14 heteroatoms. The lowest BCUT2D eigenvalue weighted by Gasteiger charge is -2.32. The number of thiophene rings is 4. The van der Waals surface area contributed by atoms with Gasteiger partial charge in [-0.15, -0.1) is 68.0 Å². The monoisotopic (exact) mass is 1690 g/mol. The quantitative estimate of drug-likeness (QED) is 0.0280. The summed E-state index contributed by atoms with van der Waals surface area (Å²) in [5.41, 5.74) is 4.09. The smallest absolute Gasteiger partial charge is 0.240 e. The molecule has 6 heterocycles. The fourth-order valence-electron chi connectivity index (χ4n) is 17.2. The van der Waals surface area contributed by atoms with Gasteiger partial charge in [-0.25, -0.2) is 9.97 Å². The second-order valence-corrected chi connectivity index (χ2v) is 40.3. The first-order valence-electron chi connectivity index (χ1n) is 46.8. The van der Waals surface area contributed by atoms with Crippen molar-refractivity contribution in [2.75, 3.05) is 0 Å². The molecule has 115 heavy (non-hydrogen) atoms. The zero-order valence-corrected chi connectivity index (χ0v) is 77.5. The van der Waals surface area contributed by atoms with Crippen LogP contribution in [0.15, 0.2) is 84.9 Å².